The van der Waals surface area contributed by atoms with Crippen LogP contribution in [0.5, 0.6) is 17.2 Å². The second-order valence-electron chi connectivity index (χ2n) is 5.52. The number of anilines is 1. The minimum Gasteiger partial charge on any atom is -0.496 e. The van der Waals surface area contributed by atoms with Crippen LogP contribution in [0.15, 0.2) is 30.3 Å². The molecule has 2 rings (SSSR count). The Morgan fingerprint density at radius 1 is 0.963 bits per heavy atom. The van der Waals surface area contributed by atoms with Crippen molar-refractivity contribution in [1.29, 1.82) is 0 Å². The van der Waals surface area contributed by atoms with E-state index in [1.807, 2.05) is 0 Å². The first-order chi connectivity index (χ1) is 12.9. The lowest BCUT2D eigenvalue weighted by Crippen LogP contribution is -2.21. The van der Waals surface area contributed by atoms with Crippen molar-refractivity contribution in [3.63, 3.8) is 0 Å². The molecule has 0 spiro atoms. The van der Waals surface area contributed by atoms with Gasteiger partial charge in [0.25, 0.3) is 5.91 Å². The highest BCUT2D eigenvalue weighted by Gasteiger charge is 2.20. The van der Waals surface area contributed by atoms with Gasteiger partial charge in [0.1, 0.15) is 17.1 Å². The van der Waals surface area contributed by atoms with Crippen molar-refractivity contribution in [2.45, 2.75) is 6.92 Å². The van der Waals surface area contributed by atoms with Crippen LogP contribution in [0.4, 0.5) is 10.1 Å². The van der Waals surface area contributed by atoms with Crippen molar-refractivity contribution < 1.29 is 32.9 Å². The van der Waals surface area contributed by atoms with Crippen LogP contribution in [-0.4, -0.2) is 39.8 Å². The molecule has 0 radical (unpaired) electrons. The number of ether oxygens (including phenoxy) is 4. The fourth-order valence-corrected chi connectivity index (χ4v) is 2.31. The fraction of sp³-hybridized carbons (Fsp3) is 0.263. The Bertz CT molecular complexity index is 852. The average Bonchev–Trinajstić information content (AvgIpc) is 2.67. The number of esters is 1. The van der Waals surface area contributed by atoms with Crippen LogP contribution < -0.4 is 19.5 Å². The molecule has 8 heteroatoms. The first-order valence-electron chi connectivity index (χ1n) is 7.92. The molecule has 0 bridgehead atoms. The monoisotopic (exact) mass is 377 g/mol. The van der Waals surface area contributed by atoms with Gasteiger partial charge < -0.3 is 24.3 Å². The Morgan fingerprint density at radius 3 is 2.19 bits per heavy atom. The number of rotatable bonds is 7. The van der Waals surface area contributed by atoms with Gasteiger partial charge in [-0.1, -0.05) is 6.07 Å². The van der Waals surface area contributed by atoms with Gasteiger partial charge in [0, 0.05) is 12.1 Å². The van der Waals surface area contributed by atoms with E-state index in [0.717, 1.165) is 5.56 Å². The van der Waals surface area contributed by atoms with Crippen LogP contribution >= 0.6 is 0 Å². The molecule has 0 aromatic heterocycles. The Kier molecular flexibility index (Phi) is 6.59. The summed E-state index contributed by atoms with van der Waals surface area (Å²) in [6.07, 6.45) is 0. The van der Waals surface area contributed by atoms with E-state index < -0.39 is 24.3 Å². The van der Waals surface area contributed by atoms with Gasteiger partial charge in [0.05, 0.1) is 27.0 Å². The van der Waals surface area contributed by atoms with Crippen LogP contribution in [0.3, 0.4) is 0 Å². The third kappa shape index (κ3) is 4.87. The van der Waals surface area contributed by atoms with E-state index in [1.54, 1.807) is 13.0 Å². The number of methoxy groups -OCH3 is 3. The van der Waals surface area contributed by atoms with Gasteiger partial charge in [-0.05, 0) is 24.6 Å². The second kappa shape index (κ2) is 8.88. The molecule has 2 aromatic rings. The largest absolute Gasteiger partial charge is 0.496 e. The van der Waals surface area contributed by atoms with Crippen LogP contribution in [0, 0.1) is 12.7 Å². The summed E-state index contributed by atoms with van der Waals surface area (Å²) in [7, 11) is 4.25. The number of amides is 1. The van der Waals surface area contributed by atoms with Crippen molar-refractivity contribution in [3.05, 3.63) is 47.3 Å². The summed E-state index contributed by atoms with van der Waals surface area (Å²) in [5, 5.41) is 2.35. The zero-order valence-corrected chi connectivity index (χ0v) is 15.4. The van der Waals surface area contributed by atoms with E-state index >= 15 is 0 Å². The zero-order chi connectivity index (χ0) is 20.0. The van der Waals surface area contributed by atoms with Gasteiger partial charge in [-0.15, -0.1) is 0 Å². The lowest BCUT2D eigenvalue weighted by Gasteiger charge is -2.13. The van der Waals surface area contributed by atoms with E-state index in [0.29, 0.717) is 11.5 Å². The van der Waals surface area contributed by atoms with Gasteiger partial charge in [0.2, 0.25) is 0 Å². The number of nitrogens with one attached hydrogen (secondary N) is 1. The van der Waals surface area contributed by atoms with E-state index in [4.69, 9.17) is 18.9 Å². The van der Waals surface area contributed by atoms with Crippen LogP contribution in [0.1, 0.15) is 15.9 Å². The predicted molar refractivity (Wildman–Crippen MR) is 96.1 cm³/mol. The molecule has 27 heavy (non-hydrogen) atoms. The van der Waals surface area contributed by atoms with E-state index in [9.17, 15) is 14.0 Å². The highest BCUT2D eigenvalue weighted by molar-refractivity contribution is 5.97. The number of hydrogen-bond donors (Lipinski definition) is 1. The van der Waals surface area contributed by atoms with E-state index in [1.165, 1.54) is 45.6 Å². The number of carbonyl (C=O) groups is 2. The van der Waals surface area contributed by atoms with Gasteiger partial charge >= 0.3 is 5.97 Å². The molecule has 1 N–H and O–H groups in total. The van der Waals surface area contributed by atoms with Gasteiger partial charge in [-0.2, -0.15) is 0 Å². The molecule has 0 saturated heterocycles. The summed E-state index contributed by atoms with van der Waals surface area (Å²) in [6.45, 7) is 1.14. The molecular weight excluding hydrogens is 357 g/mol. The quantitative estimate of drug-likeness (QED) is 0.747. The molecule has 0 heterocycles. The van der Waals surface area contributed by atoms with E-state index in [2.05, 4.69) is 5.32 Å². The molecule has 0 saturated carbocycles. The lowest BCUT2D eigenvalue weighted by molar-refractivity contribution is -0.119. The Balaban J connectivity index is 2.07. The summed E-state index contributed by atoms with van der Waals surface area (Å²) in [5.41, 5.74) is 0.785. The normalized spacial score (nSPS) is 10.1. The molecule has 0 aliphatic heterocycles. The van der Waals surface area contributed by atoms with Crippen molar-refractivity contribution >= 4 is 17.6 Å². The molecule has 0 unspecified atom stereocenters. The lowest BCUT2D eigenvalue weighted by atomic mass is 10.1. The minimum atomic E-state index is -0.799. The molecule has 0 aliphatic rings. The van der Waals surface area contributed by atoms with Crippen LogP contribution in [0.25, 0.3) is 0 Å². The molecule has 7 nitrogen and oxygen atoms in total. The number of carbonyl (C=O) groups excluding carboxylic acids is 2. The van der Waals surface area contributed by atoms with Crippen molar-refractivity contribution in [2.75, 3.05) is 33.3 Å². The molecule has 144 valence electrons. The maximum Gasteiger partial charge on any atom is 0.342 e. The number of hydrogen-bond acceptors (Lipinski definition) is 6. The third-order valence-corrected chi connectivity index (χ3v) is 3.66. The van der Waals surface area contributed by atoms with Gasteiger partial charge in [-0.25, -0.2) is 9.18 Å². The zero-order valence-electron chi connectivity index (χ0n) is 15.4. The van der Waals surface area contributed by atoms with Crippen LogP contribution in [0.2, 0.25) is 0 Å². The SMILES string of the molecule is COc1cc(OC)c(C(=O)OCC(=O)Nc2ccc(C)cc2F)cc1OC. The van der Waals surface area contributed by atoms with Crippen molar-refractivity contribution in [3.8, 4) is 17.2 Å². The third-order valence-electron chi connectivity index (χ3n) is 3.66. The Hall–Kier alpha value is -3.29. The molecule has 0 atom stereocenters. The van der Waals surface area contributed by atoms with Crippen molar-refractivity contribution in [2.24, 2.45) is 0 Å². The summed E-state index contributed by atoms with van der Waals surface area (Å²) in [4.78, 5) is 24.2. The molecule has 0 fully saturated rings. The molecule has 0 aliphatic carbocycles. The molecular formula is C19H20FNO6. The smallest absolute Gasteiger partial charge is 0.342 e. The number of halogens is 1. The fourth-order valence-electron chi connectivity index (χ4n) is 2.31. The maximum atomic E-state index is 13.8. The number of benzene rings is 2. The van der Waals surface area contributed by atoms with Crippen molar-refractivity contribution in [1.82, 2.24) is 0 Å². The summed E-state index contributed by atoms with van der Waals surface area (Å²) in [5.74, 6) is -1.17. The molecule has 2 aromatic carbocycles. The predicted octanol–water partition coefficient (Wildman–Crippen LogP) is 2.96. The highest BCUT2D eigenvalue weighted by atomic mass is 19.1. The standard InChI is InChI=1S/C19H20FNO6/c1-11-5-6-14(13(20)7-11)21-18(22)10-27-19(23)12-8-16(25-3)17(26-4)9-15(12)24-2/h5-9H,10H2,1-4H3,(H,21,22). The topological polar surface area (TPSA) is 83.1 Å². The first-order valence-corrected chi connectivity index (χ1v) is 7.92. The van der Waals surface area contributed by atoms with Gasteiger partial charge in [-0.3, -0.25) is 4.79 Å². The van der Waals surface area contributed by atoms with Gasteiger partial charge in [0.15, 0.2) is 18.1 Å². The Labute approximate surface area is 156 Å². The van der Waals surface area contributed by atoms with Crippen LogP contribution in [-0.2, 0) is 9.53 Å². The Morgan fingerprint density at radius 2 is 1.59 bits per heavy atom. The second-order valence-corrected chi connectivity index (χ2v) is 5.52. The summed E-state index contributed by atoms with van der Waals surface area (Å²) < 4.78 is 34.2. The number of aryl methyl sites for hydroxylation is 1. The highest BCUT2D eigenvalue weighted by Crippen LogP contribution is 2.34. The first kappa shape index (κ1) is 20.0. The molecule has 1 amide bonds. The van der Waals surface area contributed by atoms with E-state index in [-0.39, 0.29) is 17.0 Å². The minimum absolute atomic E-state index is 0.00495. The average molecular weight is 377 g/mol. The summed E-state index contributed by atoms with van der Waals surface area (Å²) in [6, 6.07) is 7.23. The maximum absolute atomic E-state index is 13.8. The summed E-state index contributed by atoms with van der Waals surface area (Å²) >= 11 is 0.